The van der Waals surface area contributed by atoms with Gasteiger partial charge < -0.3 is 9.51 Å². The van der Waals surface area contributed by atoms with Crippen molar-refractivity contribution in [2.45, 2.75) is 26.4 Å². The van der Waals surface area contributed by atoms with Gasteiger partial charge in [0.05, 0.1) is 12.3 Å². The molecule has 3 heteroatoms. The van der Waals surface area contributed by atoms with Gasteiger partial charge in [0, 0.05) is 18.0 Å². The van der Waals surface area contributed by atoms with Crippen molar-refractivity contribution in [1.82, 2.24) is 9.38 Å². The van der Waals surface area contributed by atoms with Crippen LogP contribution in [0.1, 0.15) is 31.0 Å². The molecule has 0 aliphatic heterocycles. The minimum Gasteiger partial charge on any atom is -0.392 e. The van der Waals surface area contributed by atoms with Gasteiger partial charge in [-0.05, 0) is 12.0 Å². The van der Waals surface area contributed by atoms with Gasteiger partial charge in [0.15, 0.2) is 0 Å². The van der Waals surface area contributed by atoms with Crippen molar-refractivity contribution in [3.8, 4) is 0 Å². The number of aromatic nitrogens is 2. The van der Waals surface area contributed by atoms with E-state index < -0.39 is 0 Å². The molecule has 0 amide bonds. The first-order valence-electron chi connectivity index (χ1n) is 4.79. The molecule has 0 saturated carbocycles. The lowest BCUT2D eigenvalue weighted by molar-refractivity contribution is 0.282. The Balaban J connectivity index is 2.64. The summed E-state index contributed by atoms with van der Waals surface area (Å²) in [5.74, 6) is 0.418. The van der Waals surface area contributed by atoms with Crippen LogP contribution in [0.15, 0.2) is 24.5 Å². The second kappa shape index (κ2) is 3.42. The third kappa shape index (κ3) is 1.40. The molecule has 0 unspecified atom stereocenters. The Hall–Kier alpha value is -1.35. The third-order valence-electron chi connectivity index (χ3n) is 2.34. The van der Waals surface area contributed by atoms with Crippen LogP contribution in [0.5, 0.6) is 0 Å². The molecule has 2 aromatic rings. The van der Waals surface area contributed by atoms with Crippen molar-refractivity contribution >= 4 is 5.65 Å². The third-order valence-corrected chi connectivity index (χ3v) is 2.34. The number of aliphatic hydroxyl groups is 1. The molecule has 0 aliphatic carbocycles. The molecule has 3 nitrogen and oxygen atoms in total. The fraction of sp³-hybridized carbons (Fsp3) is 0.364. The Morgan fingerprint density at radius 2 is 2.29 bits per heavy atom. The maximum Gasteiger partial charge on any atom is 0.142 e. The average Bonchev–Trinajstić information content (AvgIpc) is 2.60. The number of imidazole rings is 1. The standard InChI is InChI=1S/C11H14N2O/c1-8(2)10-6-13-5-3-4-9(7-14)11(13)12-10/h3-6,8,14H,7H2,1-2H3. The number of fused-ring (bicyclic) bond motifs is 1. The van der Waals surface area contributed by atoms with Gasteiger partial charge in [0.25, 0.3) is 0 Å². The molecular formula is C11H14N2O. The normalized spacial score (nSPS) is 11.4. The van der Waals surface area contributed by atoms with Crippen molar-refractivity contribution in [2.75, 3.05) is 0 Å². The van der Waals surface area contributed by atoms with Gasteiger partial charge in [0.2, 0.25) is 0 Å². The molecule has 0 radical (unpaired) electrons. The first kappa shape index (κ1) is 9.21. The highest BCUT2D eigenvalue weighted by Crippen LogP contribution is 2.16. The van der Waals surface area contributed by atoms with E-state index in [1.165, 1.54) is 0 Å². The predicted octanol–water partition coefficient (Wildman–Crippen LogP) is 1.95. The van der Waals surface area contributed by atoms with Gasteiger partial charge >= 0.3 is 0 Å². The maximum absolute atomic E-state index is 9.13. The van der Waals surface area contributed by atoms with Crippen molar-refractivity contribution in [1.29, 1.82) is 0 Å². The number of nitrogens with zero attached hydrogens (tertiary/aromatic N) is 2. The first-order chi connectivity index (χ1) is 6.72. The molecule has 2 rings (SSSR count). The van der Waals surface area contributed by atoms with Crippen LogP contribution in [0.3, 0.4) is 0 Å². The molecule has 0 aromatic carbocycles. The van der Waals surface area contributed by atoms with Crippen molar-refractivity contribution in [3.05, 3.63) is 35.8 Å². The molecule has 2 aromatic heterocycles. The Morgan fingerprint density at radius 1 is 1.50 bits per heavy atom. The monoisotopic (exact) mass is 190 g/mol. The van der Waals surface area contributed by atoms with Gasteiger partial charge in [-0.15, -0.1) is 0 Å². The van der Waals surface area contributed by atoms with Crippen LogP contribution in [0, 0.1) is 0 Å². The van der Waals surface area contributed by atoms with Crippen LogP contribution in [0.4, 0.5) is 0 Å². The quantitative estimate of drug-likeness (QED) is 0.786. The summed E-state index contributed by atoms with van der Waals surface area (Å²) < 4.78 is 1.96. The van der Waals surface area contributed by atoms with E-state index in [1.54, 1.807) is 0 Å². The summed E-state index contributed by atoms with van der Waals surface area (Å²) in [4.78, 5) is 4.49. The van der Waals surface area contributed by atoms with Crippen molar-refractivity contribution in [2.24, 2.45) is 0 Å². The van der Waals surface area contributed by atoms with Gasteiger partial charge in [-0.1, -0.05) is 19.9 Å². The minimum absolute atomic E-state index is 0.0406. The second-order valence-corrected chi connectivity index (χ2v) is 3.74. The Labute approximate surface area is 83.0 Å². The van der Waals surface area contributed by atoms with E-state index in [-0.39, 0.29) is 6.61 Å². The van der Waals surface area contributed by atoms with Crippen LogP contribution in [0.25, 0.3) is 5.65 Å². The Morgan fingerprint density at radius 3 is 2.93 bits per heavy atom. The highest BCUT2D eigenvalue weighted by atomic mass is 16.3. The smallest absolute Gasteiger partial charge is 0.142 e. The molecule has 0 fully saturated rings. The molecule has 0 saturated heterocycles. The molecule has 0 bridgehead atoms. The number of pyridine rings is 1. The molecule has 0 spiro atoms. The largest absolute Gasteiger partial charge is 0.392 e. The van der Waals surface area contributed by atoms with E-state index in [1.807, 2.05) is 28.9 Å². The molecule has 1 N–H and O–H groups in total. The summed E-state index contributed by atoms with van der Waals surface area (Å²) >= 11 is 0. The fourth-order valence-electron chi connectivity index (χ4n) is 1.49. The van der Waals surface area contributed by atoms with E-state index in [9.17, 15) is 0 Å². The SMILES string of the molecule is CC(C)c1cn2cccc(CO)c2n1. The Bertz CT molecular complexity index is 445. The highest BCUT2D eigenvalue weighted by molar-refractivity contribution is 5.48. The van der Waals surface area contributed by atoms with E-state index in [4.69, 9.17) is 5.11 Å². The van der Waals surface area contributed by atoms with Crippen molar-refractivity contribution in [3.63, 3.8) is 0 Å². The van der Waals surface area contributed by atoms with E-state index in [0.717, 1.165) is 16.9 Å². The number of hydrogen-bond donors (Lipinski definition) is 1. The first-order valence-corrected chi connectivity index (χ1v) is 4.79. The predicted molar refractivity (Wildman–Crippen MR) is 55.2 cm³/mol. The molecular weight excluding hydrogens is 176 g/mol. The maximum atomic E-state index is 9.13. The summed E-state index contributed by atoms with van der Waals surface area (Å²) in [6.45, 7) is 4.26. The number of rotatable bonds is 2. The van der Waals surface area contributed by atoms with E-state index in [0.29, 0.717) is 5.92 Å². The molecule has 2 heterocycles. The minimum atomic E-state index is 0.0406. The van der Waals surface area contributed by atoms with Crippen LogP contribution in [-0.2, 0) is 6.61 Å². The van der Waals surface area contributed by atoms with Crippen LogP contribution < -0.4 is 0 Å². The molecule has 14 heavy (non-hydrogen) atoms. The van der Waals surface area contributed by atoms with Crippen LogP contribution in [-0.4, -0.2) is 14.5 Å². The highest BCUT2D eigenvalue weighted by Gasteiger charge is 2.07. The summed E-state index contributed by atoms with van der Waals surface area (Å²) in [6.07, 6.45) is 3.96. The summed E-state index contributed by atoms with van der Waals surface area (Å²) in [5, 5.41) is 9.13. The van der Waals surface area contributed by atoms with Gasteiger partial charge in [-0.3, -0.25) is 0 Å². The lowest BCUT2D eigenvalue weighted by Crippen LogP contribution is -1.90. The topological polar surface area (TPSA) is 37.5 Å². The zero-order chi connectivity index (χ0) is 10.1. The fourth-order valence-corrected chi connectivity index (χ4v) is 1.49. The lowest BCUT2D eigenvalue weighted by Gasteiger charge is -1.97. The zero-order valence-electron chi connectivity index (χ0n) is 8.44. The van der Waals surface area contributed by atoms with Gasteiger partial charge in [0.1, 0.15) is 5.65 Å². The lowest BCUT2D eigenvalue weighted by atomic mass is 10.2. The summed E-state index contributed by atoms with van der Waals surface area (Å²) in [6, 6.07) is 3.82. The zero-order valence-corrected chi connectivity index (χ0v) is 8.44. The number of aliphatic hydroxyl groups excluding tert-OH is 1. The van der Waals surface area contributed by atoms with Crippen molar-refractivity contribution < 1.29 is 5.11 Å². The van der Waals surface area contributed by atoms with Gasteiger partial charge in [-0.2, -0.15) is 0 Å². The molecule has 0 aliphatic rings. The average molecular weight is 190 g/mol. The Kier molecular flexibility index (Phi) is 2.25. The second-order valence-electron chi connectivity index (χ2n) is 3.74. The molecule has 0 atom stereocenters. The van der Waals surface area contributed by atoms with Gasteiger partial charge in [-0.25, -0.2) is 4.98 Å². The molecule has 74 valence electrons. The van der Waals surface area contributed by atoms with E-state index in [2.05, 4.69) is 18.8 Å². The van der Waals surface area contributed by atoms with Crippen LogP contribution in [0.2, 0.25) is 0 Å². The summed E-state index contributed by atoms with van der Waals surface area (Å²) in [5.41, 5.74) is 2.80. The van der Waals surface area contributed by atoms with E-state index >= 15 is 0 Å². The van der Waals surface area contributed by atoms with Crippen LogP contribution >= 0.6 is 0 Å². The summed E-state index contributed by atoms with van der Waals surface area (Å²) in [7, 11) is 0. The number of hydrogen-bond acceptors (Lipinski definition) is 2.